The van der Waals surface area contributed by atoms with Crippen LogP contribution in [0.3, 0.4) is 0 Å². The second-order valence-corrected chi connectivity index (χ2v) is 7.65. The van der Waals surface area contributed by atoms with Crippen molar-refractivity contribution in [1.82, 2.24) is 14.8 Å². The molecule has 0 bridgehead atoms. The minimum atomic E-state index is -3.34. The molecule has 0 saturated carbocycles. The summed E-state index contributed by atoms with van der Waals surface area (Å²) in [5, 5.41) is 4.49. The number of pyridine rings is 1. The van der Waals surface area contributed by atoms with Crippen LogP contribution >= 0.6 is 11.6 Å². The molecule has 0 unspecified atom stereocenters. The first kappa shape index (κ1) is 15.2. The number of anilines is 1. The van der Waals surface area contributed by atoms with E-state index in [1.54, 1.807) is 10.9 Å². The fourth-order valence-corrected chi connectivity index (χ4v) is 4.01. The van der Waals surface area contributed by atoms with Crippen LogP contribution in [0.5, 0.6) is 0 Å². The maximum Gasteiger partial charge on any atom is 0.235 e. The topological polar surface area (TPSA) is 76.9 Å². The monoisotopic (exact) mass is 360 g/mol. The van der Waals surface area contributed by atoms with Gasteiger partial charge >= 0.3 is 0 Å². The molecule has 0 spiro atoms. The van der Waals surface area contributed by atoms with Crippen LogP contribution in [0.2, 0.25) is 5.15 Å². The third kappa shape index (κ3) is 2.65. The molecule has 24 heavy (non-hydrogen) atoms. The Balaban J connectivity index is 1.77. The summed E-state index contributed by atoms with van der Waals surface area (Å²) in [6.45, 7) is 0.288. The molecule has 0 saturated heterocycles. The van der Waals surface area contributed by atoms with E-state index >= 15 is 0 Å². The van der Waals surface area contributed by atoms with E-state index in [2.05, 4.69) is 14.8 Å². The third-order valence-electron chi connectivity index (χ3n) is 3.87. The number of aryl methyl sites for hydroxylation is 1. The van der Waals surface area contributed by atoms with Crippen molar-refractivity contribution < 1.29 is 8.42 Å². The van der Waals surface area contributed by atoms with Gasteiger partial charge in [-0.1, -0.05) is 41.9 Å². The second-order valence-electron chi connectivity index (χ2n) is 5.45. The van der Waals surface area contributed by atoms with Gasteiger partial charge in [-0.25, -0.2) is 13.1 Å². The zero-order chi connectivity index (χ0) is 16.7. The highest BCUT2D eigenvalue weighted by molar-refractivity contribution is 7.92. The fraction of sp³-hybridized carbons (Fsp3) is 0.125. The smallest absolute Gasteiger partial charge is 0.235 e. The molecule has 2 aromatic heterocycles. The molecule has 0 aliphatic carbocycles. The lowest BCUT2D eigenvalue weighted by atomic mass is 10.0. The van der Waals surface area contributed by atoms with Crippen molar-refractivity contribution in [1.29, 1.82) is 0 Å². The van der Waals surface area contributed by atoms with Gasteiger partial charge in [-0.15, -0.1) is 0 Å². The predicted molar refractivity (Wildman–Crippen MR) is 93.3 cm³/mol. The largest absolute Gasteiger partial charge is 0.267 e. The Labute approximate surface area is 144 Å². The Morgan fingerprint density at radius 1 is 1.08 bits per heavy atom. The second kappa shape index (κ2) is 5.61. The maximum atomic E-state index is 11.8. The van der Waals surface area contributed by atoms with E-state index < -0.39 is 10.0 Å². The summed E-state index contributed by atoms with van der Waals surface area (Å²) in [5.41, 5.74) is 3.23. The molecule has 3 heterocycles. The molecule has 8 heteroatoms. The zero-order valence-electron chi connectivity index (χ0n) is 12.5. The first-order chi connectivity index (χ1) is 11.5. The van der Waals surface area contributed by atoms with Crippen molar-refractivity contribution in [2.45, 2.75) is 6.54 Å². The van der Waals surface area contributed by atoms with Gasteiger partial charge in [0.05, 0.1) is 23.6 Å². The Morgan fingerprint density at radius 2 is 1.83 bits per heavy atom. The Hall–Kier alpha value is -2.38. The van der Waals surface area contributed by atoms with Crippen molar-refractivity contribution >= 4 is 27.4 Å². The van der Waals surface area contributed by atoms with Gasteiger partial charge in [0.25, 0.3) is 0 Å². The SMILES string of the molecule is O=S1(=O)CCn2nc(Cl)c(-c3ccc(-c4ccccn4)cc3)c2N1. The van der Waals surface area contributed by atoms with Gasteiger partial charge in [-0.3, -0.25) is 9.71 Å². The number of hydrogen-bond donors (Lipinski definition) is 1. The van der Waals surface area contributed by atoms with E-state index in [-0.39, 0.29) is 17.5 Å². The lowest BCUT2D eigenvalue weighted by molar-refractivity contribution is 0.577. The molecule has 0 atom stereocenters. The van der Waals surface area contributed by atoms with Gasteiger partial charge in [0, 0.05) is 11.8 Å². The van der Waals surface area contributed by atoms with Crippen LogP contribution in [0.25, 0.3) is 22.4 Å². The van der Waals surface area contributed by atoms with Crippen molar-refractivity contribution in [3.8, 4) is 22.4 Å². The highest BCUT2D eigenvalue weighted by Crippen LogP contribution is 2.37. The number of hydrogen-bond acceptors (Lipinski definition) is 4. The van der Waals surface area contributed by atoms with Crippen LogP contribution in [-0.2, 0) is 16.6 Å². The molecule has 1 aliphatic heterocycles. The molecule has 1 N–H and O–H groups in total. The normalized spacial score (nSPS) is 15.5. The molecule has 6 nitrogen and oxygen atoms in total. The minimum Gasteiger partial charge on any atom is -0.267 e. The lowest BCUT2D eigenvalue weighted by Gasteiger charge is -2.17. The molecule has 1 aliphatic rings. The van der Waals surface area contributed by atoms with Crippen LogP contribution in [-0.4, -0.2) is 28.9 Å². The quantitative estimate of drug-likeness (QED) is 0.762. The summed E-state index contributed by atoms with van der Waals surface area (Å²) in [5.74, 6) is 0.410. The molecular weight excluding hydrogens is 348 g/mol. The molecule has 1 aromatic carbocycles. The summed E-state index contributed by atoms with van der Waals surface area (Å²) < 4.78 is 27.8. The standard InChI is InChI=1S/C16H13ClN4O2S/c17-15-14(16-20-24(22,23)10-9-21(16)19-15)12-6-4-11(5-7-12)13-3-1-2-8-18-13/h1-8,20H,9-10H2. The number of nitrogens with one attached hydrogen (secondary N) is 1. The zero-order valence-corrected chi connectivity index (χ0v) is 14.0. The minimum absolute atomic E-state index is 0.00391. The fourth-order valence-electron chi connectivity index (χ4n) is 2.70. The first-order valence-electron chi connectivity index (χ1n) is 7.32. The van der Waals surface area contributed by atoms with Crippen molar-refractivity contribution in [2.24, 2.45) is 0 Å². The van der Waals surface area contributed by atoms with Crippen LogP contribution in [0.15, 0.2) is 48.7 Å². The molecule has 4 rings (SSSR count). The van der Waals surface area contributed by atoms with E-state index in [1.807, 2.05) is 42.5 Å². The first-order valence-corrected chi connectivity index (χ1v) is 9.35. The molecule has 122 valence electrons. The van der Waals surface area contributed by atoms with Gasteiger partial charge in [-0.2, -0.15) is 5.10 Å². The Bertz CT molecular complexity index is 999. The van der Waals surface area contributed by atoms with Crippen molar-refractivity contribution in [2.75, 3.05) is 10.5 Å². The lowest BCUT2D eigenvalue weighted by Crippen LogP contribution is -2.28. The molecular formula is C16H13ClN4O2S. The Kier molecular flexibility index (Phi) is 3.54. The highest BCUT2D eigenvalue weighted by Gasteiger charge is 2.27. The van der Waals surface area contributed by atoms with Gasteiger partial charge in [0.2, 0.25) is 10.0 Å². The summed E-state index contributed by atoms with van der Waals surface area (Å²) >= 11 is 6.24. The average Bonchev–Trinajstić information content (AvgIpc) is 2.90. The predicted octanol–water partition coefficient (Wildman–Crippen LogP) is 3.02. The molecule has 3 aromatic rings. The van der Waals surface area contributed by atoms with Gasteiger partial charge in [-0.05, 0) is 17.7 Å². The Morgan fingerprint density at radius 3 is 2.54 bits per heavy atom. The molecule has 0 radical (unpaired) electrons. The molecule has 0 amide bonds. The number of rotatable bonds is 2. The number of fused-ring (bicyclic) bond motifs is 1. The number of sulfonamides is 1. The van der Waals surface area contributed by atoms with E-state index in [0.717, 1.165) is 16.8 Å². The number of nitrogens with zero attached hydrogens (tertiary/aromatic N) is 3. The maximum absolute atomic E-state index is 11.8. The third-order valence-corrected chi connectivity index (χ3v) is 5.36. The number of benzene rings is 1. The van der Waals surface area contributed by atoms with E-state index in [0.29, 0.717) is 11.4 Å². The van der Waals surface area contributed by atoms with Gasteiger partial charge < -0.3 is 0 Å². The van der Waals surface area contributed by atoms with Crippen molar-refractivity contribution in [3.05, 3.63) is 53.8 Å². The summed E-state index contributed by atoms with van der Waals surface area (Å²) in [6, 6.07) is 13.3. The van der Waals surface area contributed by atoms with Gasteiger partial charge in [0.15, 0.2) is 5.15 Å². The number of halogens is 1. The van der Waals surface area contributed by atoms with E-state index in [1.165, 1.54) is 0 Å². The number of aromatic nitrogens is 3. The van der Waals surface area contributed by atoms with Crippen LogP contribution in [0, 0.1) is 0 Å². The van der Waals surface area contributed by atoms with Crippen LogP contribution in [0.4, 0.5) is 5.82 Å². The summed E-state index contributed by atoms with van der Waals surface area (Å²) in [7, 11) is -3.34. The summed E-state index contributed by atoms with van der Waals surface area (Å²) in [4.78, 5) is 4.31. The molecule has 0 fully saturated rings. The average molecular weight is 361 g/mol. The van der Waals surface area contributed by atoms with Crippen LogP contribution in [0.1, 0.15) is 0 Å². The van der Waals surface area contributed by atoms with Crippen LogP contribution < -0.4 is 4.72 Å². The van der Waals surface area contributed by atoms with Crippen molar-refractivity contribution in [3.63, 3.8) is 0 Å². The summed E-state index contributed by atoms with van der Waals surface area (Å²) in [6.07, 6.45) is 1.74. The van der Waals surface area contributed by atoms with E-state index in [4.69, 9.17) is 11.6 Å². The van der Waals surface area contributed by atoms with Gasteiger partial charge in [0.1, 0.15) is 5.82 Å². The highest BCUT2D eigenvalue weighted by atomic mass is 35.5. The van der Waals surface area contributed by atoms with E-state index in [9.17, 15) is 8.42 Å².